The largest absolute Gasteiger partial charge is 0.492 e. The van der Waals surface area contributed by atoms with Crippen molar-refractivity contribution >= 4 is 15.9 Å². The number of pyridine rings is 1. The van der Waals surface area contributed by atoms with Crippen LogP contribution in [0.4, 0.5) is 0 Å². The standard InChI is InChI=1S/C15H17BrN2O2/c1-19-15-10-12(6-7-18-15)11-17-8-9-20-14-4-2-13(16)3-5-14/h2-7,10,17H,8-9,11H2,1H3. The molecule has 0 aliphatic heterocycles. The molecule has 4 nitrogen and oxygen atoms in total. The number of hydrogen-bond donors (Lipinski definition) is 1. The molecular weight excluding hydrogens is 320 g/mol. The predicted octanol–water partition coefficient (Wildman–Crippen LogP) is 3.02. The molecule has 0 atom stereocenters. The van der Waals surface area contributed by atoms with E-state index in [9.17, 15) is 0 Å². The van der Waals surface area contributed by atoms with Gasteiger partial charge in [-0.1, -0.05) is 15.9 Å². The Morgan fingerprint density at radius 3 is 2.75 bits per heavy atom. The van der Waals surface area contributed by atoms with Crippen LogP contribution in [0.1, 0.15) is 5.56 Å². The summed E-state index contributed by atoms with van der Waals surface area (Å²) < 4.78 is 11.8. The number of nitrogens with one attached hydrogen (secondary N) is 1. The maximum absolute atomic E-state index is 5.62. The molecule has 0 saturated carbocycles. The van der Waals surface area contributed by atoms with Gasteiger partial charge in [0, 0.05) is 29.8 Å². The minimum absolute atomic E-state index is 0.629. The summed E-state index contributed by atoms with van der Waals surface area (Å²) in [5.41, 5.74) is 1.14. The fourth-order valence-electron chi connectivity index (χ4n) is 1.68. The molecule has 1 aromatic carbocycles. The van der Waals surface area contributed by atoms with Crippen molar-refractivity contribution in [1.82, 2.24) is 10.3 Å². The van der Waals surface area contributed by atoms with E-state index in [0.29, 0.717) is 12.5 Å². The summed E-state index contributed by atoms with van der Waals surface area (Å²) in [5, 5.41) is 3.32. The van der Waals surface area contributed by atoms with E-state index in [-0.39, 0.29) is 0 Å². The lowest BCUT2D eigenvalue weighted by atomic mass is 10.2. The molecule has 0 aliphatic carbocycles. The number of halogens is 1. The minimum Gasteiger partial charge on any atom is -0.492 e. The highest BCUT2D eigenvalue weighted by Crippen LogP contribution is 2.15. The van der Waals surface area contributed by atoms with Crippen LogP contribution in [0.2, 0.25) is 0 Å². The highest BCUT2D eigenvalue weighted by Gasteiger charge is 1.97. The Bertz CT molecular complexity index is 532. The molecule has 1 aromatic heterocycles. The van der Waals surface area contributed by atoms with E-state index >= 15 is 0 Å². The van der Waals surface area contributed by atoms with Crippen LogP contribution in [0, 0.1) is 0 Å². The number of benzene rings is 1. The Balaban J connectivity index is 1.67. The first kappa shape index (κ1) is 14.8. The van der Waals surface area contributed by atoms with Gasteiger partial charge in [-0.25, -0.2) is 4.98 Å². The van der Waals surface area contributed by atoms with Gasteiger partial charge in [0.05, 0.1) is 7.11 Å². The summed E-state index contributed by atoms with van der Waals surface area (Å²) >= 11 is 3.39. The van der Waals surface area contributed by atoms with Crippen molar-refractivity contribution < 1.29 is 9.47 Å². The summed E-state index contributed by atoms with van der Waals surface area (Å²) in [5.74, 6) is 1.51. The summed E-state index contributed by atoms with van der Waals surface area (Å²) in [6.07, 6.45) is 1.74. The lowest BCUT2D eigenvalue weighted by Gasteiger charge is -2.08. The van der Waals surface area contributed by atoms with Crippen molar-refractivity contribution in [2.75, 3.05) is 20.3 Å². The molecule has 0 bridgehead atoms. The maximum Gasteiger partial charge on any atom is 0.213 e. The third-order valence-electron chi connectivity index (χ3n) is 2.70. The van der Waals surface area contributed by atoms with E-state index < -0.39 is 0 Å². The lowest BCUT2D eigenvalue weighted by molar-refractivity contribution is 0.313. The number of aromatic nitrogens is 1. The summed E-state index contributed by atoms with van der Waals surface area (Å²) in [6, 6.07) is 11.7. The molecule has 2 rings (SSSR count). The second-order valence-electron chi connectivity index (χ2n) is 4.19. The Morgan fingerprint density at radius 2 is 2.00 bits per heavy atom. The van der Waals surface area contributed by atoms with Crippen LogP contribution in [-0.4, -0.2) is 25.2 Å². The van der Waals surface area contributed by atoms with E-state index in [2.05, 4.69) is 26.2 Å². The summed E-state index contributed by atoms with van der Waals surface area (Å²) in [6.45, 7) is 2.17. The molecule has 2 aromatic rings. The van der Waals surface area contributed by atoms with E-state index in [1.165, 1.54) is 0 Å². The van der Waals surface area contributed by atoms with E-state index in [4.69, 9.17) is 9.47 Å². The zero-order valence-electron chi connectivity index (χ0n) is 11.3. The molecule has 1 heterocycles. The Morgan fingerprint density at radius 1 is 1.20 bits per heavy atom. The molecular formula is C15H17BrN2O2. The minimum atomic E-state index is 0.629. The zero-order chi connectivity index (χ0) is 14.2. The first-order chi connectivity index (χ1) is 9.78. The molecule has 1 N–H and O–H groups in total. The van der Waals surface area contributed by atoms with Gasteiger partial charge in [0.2, 0.25) is 5.88 Å². The molecule has 0 spiro atoms. The average Bonchev–Trinajstić information content (AvgIpc) is 2.49. The molecule has 0 fully saturated rings. The van der Waals surface area contributed by atoms with Crippen molar-refractivity contribution in [3.63, 3.8) is 0 Å². The Kier molecular flexibility index (Phi) is 5.83. The van der Waals surface area contributed by atoms with Crippen LogP contribution in [0.15, 0.2) is 47.1 Å². The normalized spacial score (nSPS) is 10.3. The van der Waals surface area contributed by atoms with Gasteiger partial charge >= 0.3 is 0 Å². The topological polar surface area (TPSA) is 43.4 Å². The van der Waals surface area contributed by atoms with Gasteiger partial charge in [0.15, 0.2) is 0 Å². The van der Waals surface area contributed by atoms with Gasteiger partial charge in [-0.05, 0) is 35.9 Å². The highest BCUT2D eigenvalue weighted by atomic mass is 79.9. The van der Waals surface area contributed by atoms with Crippen LogP contribution in [0.25, 0.3) is 0 Å². The first-order valence-electron chi connectivity index (χ1n) is 6.36. The monoisotopic (exact) mass is 336 g/mol. The van der Waals surface area contributed by atoms with Gasteiger partial charge in [0.1, 0.15) is 12.4 Å². The molecule has 5 heteroatoms. The van der Waals surface area contributed by atoms with Gasteiger partial charge in [-0.15, -0.1) is 0 Å². The van der Waals surface area contributed by atoms with E-state index in [1.54, 1.807) is 13.3 Å². The SMILES string of the molecule is COc1cc(CNCCOc2ccc(Br)cc2)ccn1. The Labute approximate surface area is 127 Å². The van der Waals surface area contributed by atoms with Crippen LogP contribution < -0.4 is 14.8 Å². The second kappa shape index (κ2) is 7.87. The number of nitrogens with zero attached hydrogens (tertiary/aromatic N) is 1. The van der Waals surface area contributed by atoms with Gasteiger partial charge in [-0.3, -0.25) is 0 Å². The third-order valence-corrected chi connectivity index (χ3v) is 3.23. The molecule has 0 unspecified atom stereocenters. The van der Waals surface area contributed by atoms with E-state index in [0.717, 1.165) is 28.9 Å². The zero-order valence-corrected chi connectivity index (χ0v) is 12.9. The molecule has 20 heavy (non-hydrogen) atoms. The summed E-state index contributed by atoms with van der Waals surface area (Å²) in [4.78, 5) is 4.07. The van der Waals surface area contributed by atoms with Gasteiger partial charge in [0.25, 0.3) is 0 Å². The van der Waals surface area contributed by atoms with Crippen LogP contribution in [0.5, 0.6) is 11.6 Å². The second-order valence-corrected chi connectivity index (χ2v) is 5.10. The molecule has 0 saturated heterocycles. The van der Waals surface area contributed by atoms with Gasteiger partial charge in [-0.2, -0.15) is 0 Å². The van der Waals surface area contributed by atoms with Crippen molar-refractivity contribution in [2.45, 2.75) is 6.54 Å². The molecule has 0 amide bonds. The average molecular weight is 337 g/mol. The van der Waals surface area contributed by atoms with Crippen LogP contribution in [0.3, 0.4) is 0 Å². The van der Waals surface area contributed by atoms with Crippen LogP contribution in [-0.2, 0) is 6.54 Å². The number of hydrogen-bond acceptors (Lipinski definition) is 4. The quantitative estimate of drug-likeness (QED) is 0.789. The van der Waals surface area contributed by atoms with Gasteiger partial charge < -0.3 is 14.8 Å². The number of methoxy groups -OCH3 is 1. The third kappa shape index (κ3) is 4.83. The predicted molar refractivity (Wildman–Crippen MR) is 82.1 cm³/mol. The van der Waals surface area contributed by atoms with Crippen molar-refractivity contribution in [3.8, 4) is 11.6 Å². The smallest absolute Gasteiger partial charge is 0.213 e. The van der Waals surface area contributed by atoms with Crippen molar-refractivity contribution in [2.24, 2.45) is 0 Å². The Hall–Kier alpha value is -1.59. The first-order valence-corrected chi connectivity index (χ1v) is 7.15. The lowest BCUT2D eigenvalue weighted by Crippen LogP contribution is -2.20. The fourth-order valence-corrected chi connectivity index (χ4v) is 1.94. The number of rotatable bonds is 7. The number of ether oxygens (including phenoxy) is 2. The van der Waals surface area contributed by atoms with E-state index in [1.807, 2.05) is 36.4 Å². The van der Waals surface area contributed by atoms with Crippen molar-refractivity contribution in [1.29, 1.82) is 0 Å². The van der Waals surface area contributed by atoms with Crippen molar-refractivity contribution in [3.05, 3.63) is 52.6 Å². The fraction of sp³-hybridized carbons (Fsp3) is 0.267. The molecule has 0 radical (unpaired) electrons. The maximum atomic E-state index is 5.62. The molecule has 0 aliphatic rings. The van der Waals surface area contributed by atoms with Crippen LogP contribution >= 0.6 is 15.9 Å². The summed E-state index contributed by atoms with van der Waals surface area (Å²) in [7, 11) is 1.62. The highest BCUT2D eigenvalue weighted by molar-refractivity contribution is 9.10. The molecule has 106 valence electrons.